The van der Waals surface area contributed by atoms with E-state index in [0.717, 1.165) is 13.0 Å². The Labute approximate surface area is 103 Å². The fraction of sp³-hybridized carbons (Fsp3) is 0.333. The number of furan rings is 1. The minimum atomic E-state index is 0.345. The average Bonchev–Trinajstić information content (AvgIpc) is 2.85. The van der Waals surface area contributed by atoms with Crippen LogP contribution < -0.4 is 5.32 Å². The maximum absolute atomic E-state index is 5.08. The molecule has 0 fully saturated rings. The van der Waals surface area contributed by atoms with Crippen molar-refractivity contribution in [1.29, 1.82) is 0 Å². The van der Waals surface area contributed by atoms with E-state index in [9.17, 15) is 0 Å². The van der Waals surface area contributed by atoms with Crippen molar-refractivity contribution in [2.75, 3.05) is 6.54 Å². The first-order chi connectivity index (χ1) is 8.27. The number of nitrogens with one attached hydrogen (secondary N) is 1. The van der Waals surface area contributed by atoms with Crippen LogP contribution in [0.4, 0.5) is 0 Å². The maximum Gasteiger partial charge on any atom is 0.0950 e. The molecule has 0 aliphatic rings. The van der Waals surface area contributed by atoms with Crippen LogP contribution >= 0.6 is 0 Å². The van der Waals surface area contributed by atoms with Crippen molar-refractivity contribution in [2.45, 2.75) is 26.3 Å². The first-order valence-electron chi connectivity index (χ1n) is 6.07. The maximum atomic E-state index is 5.08. The normalized spacial score (nSPS) is 12.6. The van der Waals surface area contributed by atoms with Gasteiger partial charge in [-0.1, -0.05) is 24.3 Å². The summed E-state index contributed by atoms with van der Waals surface area (Å²) in [5.74, 6) is 0. The summed E-state index contributed by atoms with van der Waals surface area (Å²) in [4.78, 5) is 0. The predicted octanol–water partition coefficient (Wildman–Crippen LogP) is 3.48. The molecule has 0 amide bonds. The molecule has 1 heterocycles. The van der Waals surface area contributed by atoms with Gasteiger partial charge in [0.2, 0.25) is 0 Å². The summed E-state index contributed by atoms with van der Waals surface area (Å²) in [5.41, 5.74) is 3.99. The van der Waals surface area contributed by atoms with Crippen molar-refractivity contribution in [3.05, 3.63) is 59.5 Å². The van der Waals surface area contributed by atoms with Crippen LogP contribution in [0.3, 0.4) is 0 Å². The van der Waals surface area contributed by atoms with Gasteiger partial charge in [-0.25, -0.2) is 0 Å². The van der Waals surface area contributed by atoms with Gasteiger partial charge in [0.15, 0.2) is 0 Å². The van der Waals surface area contributed by atoms with Crippen LogP contribution in [0.5, 0.6) is 0 Å². The zero-order chi connectivity index (χ0) is 12.1. The number of hydrogen-bond donors (Lipinski definition) is 1. The quantitative estimate of drug-likeness (QED) is 0.849. The molecule has 0 saturated heterocycles. The number of rotatable bonds is 5. The summed E-state index contributed by atoms with van der Waals surface area (Å²) in [7, 11) is 0. The minimum Gasteiger partial charge on any atom is -0.472 e. The third kappa shape index (κ3) is 3.21. The van der Waals surface area contributed by atoms with Crippen molar-refractivity contribution in [1.82, 2.24) is 5.32 Å². The fourth-order valence-corrected chi connectivity index (χ4v) is 1.95. The molecule has 90 valence electrons. The van der Waals surface area contributed by atoms with Gasteiger partial charge in [-0.3, -0.25) is 0 Å². The van der Waals surface area contributed by atoms with Crippen molar-refractivity contribution in [3.8, 4) is 0 Å². The van der Waals surface area contributed by atoms with Crippen LogP contribution in [0, 0.1) is 6.92 Å². The van der Waals surface area contributed by atoms with E-state index in [0.29, 0.717) is 6.04 Å². The smallest absolute Gasteiger partial charge is 0.0950 e. The molecule has 1 aromatic heterocycles. The zero-order valence-electron chi connectivity index (χ0n) is 10.4. The second kappa shape index (κ2) is 5.69. The van der Waals surface area contributed by atoms with E-state index in [-0.39, 0.29) is 0 Å². The fourth-order valence-electron chi connectivity index (χ4n) is 1.95. The lowest BCUT2D eigenvalue weighted by Gasteiger charge is -2.12. The van der Waals surface area contributed by atoms with E-state index < -0.39 is 0 Å². The third-order valence-electron chi connectivity index (χ3n) is 3.15. The van der Waals surface area contributed by atoms with Crippen LogP contribution in [0.25, 0.3) is 0 Å². The van der Waals surface area contributed by atoms with E-state index >= 15 is 0 Å². The van der Waals surface area contributed by atoms with Gasteiger partial charge in [0.25, 0.3) is 0 Å². The minimum absolute atomic E-state index is 0.345. The van der Waals surface area contributed by atoms with Gasteiger partial charge in [-0.15, -0.1) is 0 Å². The van der Waals surface area contributed by atoms with E-state index in [4.69, 9.17) is 4.42 Å². The first-order valence-corrected chi connectivity index (χ1v) is 6.07. The lowest BCUT2D eigenvalue weighted by atomic mass is 10.1. The SMILES string of the molecule is Cc1ccccc1CCNC(C)c1ccoc1. The molecule has 0 radical (unpaired) electrons. The van der Waals surface area contributed by atoms with E-state index in [2.05, 4.69) is 43.4 Å². The Bertz CT molecular complexity index is 448. The van der Waals surface area contributed by atoms with Crippen LogP contribution in [0.15, 0.2) is 47.3 Å². The molecule has 1 unspecified atom stereocenters. The second-order valence-corrected chi connectivity index (χ2v) is 4.41. The number of aryl methyl sites for hydroxylation is 1. The molecule has 0 aliphatic heterocycles. The van der Waals surface area contributed by atoms with E-state index in [1.165, 1.54) is 16.7 Å². The molecule has 0 bridgehead atoms. The molecular formula is C15H19NO. The highest BCUT2D eigenvalue weighted by Crippen LogP contribution is 2.12. The highest BCUT2D eigenvalue weighted by atomic mass is 16.3. The highest BCUT2D eigenvalue weighted by Gasteiger charge is 2.05. The Balaban J connectivity index is 1.82. The molecule has 0 saturated carbocycles. The summed E-state index contributed by atoms with van der Waals surface area (Å²) >= 11 is 0. The Hall–Kier alpha value is -1.54. The topological polar surface area (TPSA) is 25.2 Å². The zero-order valence-corrected chi connectivity index (χ0v) is 10.4. The average molecular weight is 229 g/mol. The van der Waals surface area contributed by atoms with E-state index in [1.807, 2.05) is 6.07 Å². The molecule has 0 spiro atoms. The summed E-state index contributed by atoms with van der Waals surface area (Å²) in [6.45, 7) is 5.30. The van der Waals surface area contributed by atoms with Gasteiger partial charge in [0, 0.05) is 11.6 Å². The molecule has 2 aromatic rings. The van der Waals surface area contributed by atoms with Crippen molar-refractivity contribution < 1.29 is 4.42 Å². The molecule has 2 heteroatoms. The van der Waals surface area contributed by atoms with Gasteiger partial charge in [0.05, 0.1) is 12.5 Å². The summed E-state index contributed by atoms with van der Waals surface area (Å²) in [6, 6.07) is 10.9. The van der Waals surface area contributed by atoms with Crippen LogP contribution in [-0.2, 0) is 6.42 Å². The van der Waals surface area contributed by atoms with Crippen LogP contribution in [0.1, 0.15) is 29.7 Å². The van der Waals surface area contributed by atoms with Crippen LogP contribution in [0.2, 0.25) is 0 Å². The molecular weight excluding hydrogens is 210 g/mol. The van der Waals surface area contributed by atoms with Crippen LogP contribution in [-0.4, -0.2) is 6.54 Å². The lowest BCUT2D eigenvalue weighted by molar-refractivity contribution is 0.539. The third-order valence-corrected chi connectivity index (χ3v) is 3.15. The molecule has 0 aliphatic carbocycles. The summed E-state index contributed by atoms with van der Waals surface area (Å²) < 4.78 is 5.08. The van der Waals surface area contributed by atoms with Gasteiger partial charge in [0.1, 0.15) is 0 Å². The van der Waals surface area contributed by atoms with Gasteiger partial charge >= 0.3 is 0 Å². The molecule has 1 N–H and O–H groups in total. The summed E-state index contributed by atoms with van der Waals surface area (Å²) in [5, 5.41) is 3.50. The number of hydrogen-bond acceptors (Lipinski definition) is 2. The molecule has 1 atom stereocenters. The van der Waals surface area contributed by atoms with Crippen molar-refractivity contribution in [3.63, 3.8) is 0 Å². The van der Waals surface area contributed by atoms with Crippen molar-refractivity contribution in [2.24, 2.45) is 0 Å². The second-order valence-electron chi connectivity index (χ2n) is 4.41. The Morgan fingerprint density at radius 2 is 2.06 bits per heavy atom. The Morgan fingerprint density at radius 3 is 2.76 bits per heavy atom. The summed E-state index contributed by atoms with van der Waals surface area (Å²) in [6.07, 6.45) is 4.58. The van der Waals surface area contributed by atoms with Gasteiger partial charge in [-0.05, 0) is 44.0 Å². The number of benzene rings is 1. The van der Waals surface area contributed by atoms with Gasteiger partial charge < -0.3 is 9.73 Å². The lowest BCUT2D eigenvalue weighted by Crippen LogP contribution is -2.21. The first kappa shape index (κ1) is 11.9. The molecule has 2 rings (SSSR count). The molecule has 2 nitrogen and oxygen atoms in total. The van der Waals surface area contributed by atoms with Gasteiger partial charge in [-0.2, -0.15) is 0 Å². The molecule has 1 aromatic carbocycles. The molecule has 17 heavy (non-hydrogen) atoms. The largest absolute Gasteiger partial charge is 0.472 e. The highest BCUT2D eigenvalue weighted by molar-refractivity contribution is 5.25. The Morgan fingerprint density at radius 1 is 1.24 bits per heavy atom. The van der Waals surface area contributed by atoms with E-state index in [1.54, 1.807) is 12.5 Å². The monoisotopic (exact) mass is 229 g/mol. The standard InChI is InChI=1S/C15H19NO/c1-12-5-3-4-6-14(12)7-9-16-13(2)15-8-10-17-11-15/h3-6,8,10-11,13,16H,7,9H2,1-2H3. The predicted molar refractivity (Wildman–Crippen MR) is 70.0 cm³/mol. The Kier molecular flexibility index (Phi) is 3.99. The van der Waals surface area contributed by atoms with Crippen molar-refractivity contribution >= 4 is 0 Å².